The van der Waals surface area contributed by atoms with E-state index >= 15 is 0 Å². The highest BCUT2D eigenvalue weighted by atomic mass is 19.1. The van der Waals surface area contributed by atoms with Gasteiger partial charge in [-0.3, -0.25) is 5.10 Å². The van der Waals surface area contributed by atoms with Crippen LogP contribution in [0.3, 0.4) is 0 Å². The molecule has 3 aromatic heterocycles. The first-order valence-electron chi connectivity index (χ1n) is 8.57. The van der Waals surface area contributed by atoms with Gasteiger partial charge in [0.05, 0.1) is 11.2 Å². The number of ether oxygens (including phenoxy) is 1. The third-order valence-electron chi connectivity index (χ3n) is 4.06. The van der Waals surface area contributed by atoms with E-state index in [1.807, 2.05) is 13.0 Å². The monoisotopic (exact) mass is 400 g/mol. The van der Waals surface area contributed by atoms with Crippen molar-refractivity contribution in [3.05, 3.63) is 59.4 Å². The summed E-state index contributed by atoms with van der Waals surface area (Å²) in [6.07, 6.45) is 4.62. The second kappa shape index (κ2) is 7.30. The number of hydrogen-bond donors (Lipinski definition) is 3. The van der Waals surface area contributed by atoms with Crippen LogP contribution in [0.25, 0.3) is 17.0 Å². The Kier molecular flexibility index (Phi) is 4.67. The van der Waals surface area contributed by atoms with Gasteiger partial charge in [0.1, 0.15) is 6.33 Å². The zero-order valence-electron chi connectivity index (χ0n) is 15.3. The Morgan fingerprint density at radius 1 is 1.10 bits per heavy atom. The molecule has 0 atom stereocenters. The molecule has 0 aliphatic heterocycles. The molecule has 10 heteroatoms. The highest BCUT2D eigenvalue weighted by Crippen LogP contribution is 2.33. The summed E-state index contributed by atoms with van der Waals surface area (Å²) in [6, 6.07) is 3.91. The predicted molar refractivity (Wildman–Crippen MR) is 102 cm³/mol. The lowest BCUT2D eigenvalue weighted by atomic mass is 10.2. The van der Waals surface area contributed by atoms with Gasteiger partial charge in [0.15, 0.2) is 29.0 Å². The van der Waals surface area contributed by atoms with E-state index in [2.05, 4.69) is 30.5 Å². The summed E-state index contributed by atoms with van der Waals surface area (Å²) in [5.41, 5.74) is 1.29. The lowest BCUT2D eigenvalue weighted by Crippen LogP contribution is -2.02. The highest BCUT2D eigenvalue weighted by Gasteiger charge is 2.20. The summed E-state index contributed by atoms with van der Waals surface area (Å²) in [7, 11) is 0. The maximum atomic E-state index is 14.8. The molecule has 0 amide bonds. The molecule has 148 valence electrons. The smallest absolute Gasteiger partial charge is 0.261 e. The Bertz CT molecular complexity index is 1230. The second-order valence-corrected chi connectivity index (χ2v) is 6.19. The minimum absolute atomic E-state index is 0.00153. The van der Waals surface area contributed by atoms with Gasteiger partial charge in [-0.2, -0.15) is 14.5 Å². The average Bonchev–Trinajstić information content (AvgIpc) is 3.29. The molecule has 3 heterocycles. The molecule has 0 saturated carbocycles. The minimum atomic E-state index is -0.978. The van der Waals surface area contributed by atoms with Crippen molar-refractivity contribution in [3.8, 4) is 11.6 Å². The van der Waals surface area contributed by atoms with Gasteiger partial charge in [-0.15, -0.1) is 0 Å². The van der Waals surface area contributed by atoms with E-state index in [1.165, 1.54) is 6.07 Å². The quantitative estimate of drug-likeness (QED) is 0.440. The number of nitrogens with zero attached hydrogens (tertiary/aromatic N) is 3. The van der Waals surface area contributed by atoms with Crippen LogP contribution < -0.4 is 10.1 Å². The van der Waals surface area contributed by atoms with Crippen LogP contribution in [0.5, 0.6) is 11.6 Å². The Morgan fingerprint density at radius 3 is 2.72 bits per heavy atom. The van der Waals surface area contributed by atoms with Gasteiger partial charge in [-0.05, 0) is 26.0 Å². The first-order valence-corrected chi connectivity index (χ1v) is 8.57. The lowest BCUT2D eigenvalue weighted by molar-refractivity contribution is 0.397. The molecule has 0 aliphatic carbocycles. The van der Waals surface area contributed by atoms with Crippen LogP contribution in [-0.4, -0.2) is 25.1 Å². The molecular formula is C19H15F3N6O. The van der Waals surface area contributed by atoms with Crippen LogP contribution in [0, 0.1) is 24.4 Å². The van der Waals surface area contributed by atoms with Crippen LogP contribution in [0.15, 0.2) is 30.6 Å². The molecule has 7 nitrogen and oxygen atoms in total. The molecule has 0 unspecified atom stereocenters. The SMILES string of the molecule is C/C=C/c1cc(Nc2ncnc(Oc3cc(F)c4[nH]c(C)cc4c3F)c2F)n[nH]1. The number of aromatic amines is 2. The Balaban J connectivity index is 1.65. The van der Waals surface area contributed by atoms with Crippen molar-refractivity contribution < 1.29 is 17.9 Å². The van der Waals surface area contributed by atoms with Crippen LogP contribution in [0.2, 0.25) is 0 Å². The summed E-state index contributed by atoms with van der Waals surface area (Å²) in [5.74, 6) is -3.51. The number of fused-ring (bicyclic) bond motifs is 1. The second-order valence-electron chi connectivity index (χ2n) is 6.19. The summed E-state index contributed by atoms with van der Waals surface area (Å²) in [6.45, 7) is 3.51. The van der Waals surface area contributed by atoms with Crippen LogP contribution in [0.1, 0.15) is 18.3 Å². The van der Waals surface area contributed by atoms with Gasteiger partial charge in [0.2, 0.25) is 5.82 Å². The number of halogens is 3. The summed E-state index contributed by atoms with van der Waals surface area (Å²) >= 11 is 0. The van der Waals surface area contributed by atoms with Crippen molar-refractivity contribution in [2.75, 3.05) is 5.32 Å². The summed E-state index contributed by atoms with van der Waals surface area (Å²) < 4.78 is 48.9. The molecule has 0 bridgehead atoms. The third-order valence-corrected chi connectivity index (χ3v) is 4.06. The first kappa shape index (κ1) is 18.5. The van der Waals surface area contributed by atoms with Crippen LogP contribution in [0.4, 0.5) is 24.8 Å². The number of aryl methyl sites for hydroxylation is 1. The molecule has 0 spiro atoms. The van der Waals surface area contributed by atoms with E-state index in [0.29, 0.717) is 17.2 Å². The van der Waals surface area contributed by atoms with Crippen molar-refractivity contribution in [1.29, 1.82) is 0 Å². The number of benzene rings is 1. The highest BCUT2D eigenvalue weighted by molar-refractivity contribution is 5.83. The zero-order chi connectivity index (χ0) is 20.5. The maximum Gasteiger partial charge on any atom is 0.261 e. The normalized spacial score (nSPS) is 11.5. The topological polar surface area (TPSA) is 91.5 Å². The van der Waals surface area contributed by atoms with Gasteiger partial charge < -0.3 is 15.0 Å². The molecule has 29 heavy (non-hydrogen) atoms. The Labute approximate surface area is 162 Å². The molecule has 3 N–H and O–H groups in total. The van der Waals surface area contributed by atoms with Crippen molar-refractivity contribution in [2.24, 2.45) is 0 Å². The van der Waals surface area contributed by atoms with Crippen molar-refractivity contribution >= 4 is 28.6 Å². The average molecular weight is 400 g/mol. The number of aromatic nitrogens is 5. The third kappa shape index (κ3) is 3.51. The summed E-state index contributed by atoms with van der Waals surface area (Å²) in [5, 5.41) is 9.40. The molecule has 4 aromatic rings. The molecule has 4 rings (SSSR count). The van der Waals surface area contributed by atoms with Crippen LogP contribution >= 0.6 is 0 Å². The number of allylic oxidation sites excluding steroid dienone is 1. The Morgan fingerprint density at radius 2 is 1.93 bits per heavy atom. The number of rotatable bonds is 5. The van der Waals surface area contributed by atoms with Gasteiger partial charge in [-0.1, -0.05) is 6.08 Å². The fraction of sp³-hybridized carbons (Fsp3) is 0.105. The minimum Gasteiger partial charge on any atom is -0.433 e. The number of nitrogens with one attached hydrogen (secondary N) is 3. The molecule has 0 radical (unpaired) electrons. The Hall–Kier alpha value is -3.82. The number of hydrogen-bond acceptors (Lipinski definition) is 5. The number of anilines is 2. The van der Waals surface area contributed by atoms with E-state index in [4.69, 9.17) is 4.74 Å². The zero-order valence-corrected chi connectivity index (χ0v) is 15.3. The van der Waals surface area contributed by atoms with Crippen molar-refractivity contribution in [2.45, 2.75) is 13.8 Å². The van der Waals surface area contributed by atoms with Gasteiger partial charge in [-0.25, -0.2) is 13.8 Å². The van der Waals surface area contributed by atoms with Gasteiger partial charge in [0.25, 0.3) is 5.88 Å². The van der Waals surface area contributed by atoms with E-state index < -0.39 is 29.1 Å². The van der Waals surface area contributed by atoms with Gasteiger partial charge >= 0.3 is 0 Å². The maximum absolute atomic E-state index is 14.8. The van der Waals surface area contributed by atoms with E-state index in [0.717, 1.165) is 12.4 Å². The molecule has 1 aromatic carbocycles. The number of H-pyrrole nitrogens is 2. The van der Waals surface area contributed by atoms with Crippen LogP contribution in [-0.2, 0) is 0 Å². The van der Waals surface area contributed by atoms with E-state index in [1.54, 1.807) is 19.1 Å². The largest absolute Gasteiger partial charge is 0.433 e. The predicted octanol–water partition coefficient (Wildman–Crippen LogP) is 4.98. The fourth-order valence-electron chi connectivity index (χ4n) is 2.81. The lowest BCUT2D eigenvalue weighted by Gasteiger charge is -2.10. The molecular weight excluding hydrogens is 385 g/mol. The van der Waals surface area contributed by atoms with Gasteiger partial charge in [0, 0.05) is 23.2 Å². The van der Waals surface area contributed by atoms with Crippen molar-refractivity contribution in [3.63, 3.8) is 0 Å². The molecule has 0 fully saturated rings. The first-order chi connectivity index (χ1) is 14.0. The molecule has 0 saturated heterocycles. The van der Waals surface area contributed by atoms with E-state index in [9.17, 15) is 13.2 Å². The fourth-order valence-corrected chi connectivity index (χ4v) is 2.81. The summed E-state index contributed by atoms with van der Waals surface area (Å²) in [4.78, 5) is 10.2. The standard InChI is InChI=1S/C19H15F3N6O/c1-3-4-10-6-14(28-27-10)26-18-16(22)19(24-8-23-18)29-13-7-12(20)17-11(15(13)21)5-9(2)25-17/h3-8,25H,1-2H3,(H2,23,24,26,27,28)/b4-3+. The van der Waals surface area contributed by atoms with E-state index in [-0.39, 0.29) is 16.7 Å². The molecule has 0 aliphatic rings. The van der Waals surface area contributed by atoms with Crippen molar-refractivity contribution in [1.82, 2.24) is 25.1 Å².